The van der Waals surface area contributed by atoms with Crippen molar-refractivity contribution in [2.24, 2.45) is 7.05 Å². The fourth-order valence-electron chi connectivity index (χ4n) is 1.60. The molecule has 0 fully saturated rings. The smallest absolute Gasteiger partial charge is 0.248 e. The predicted molar refractivity (Wildman–Crippen MR) is 79.8 cm³/mol. The molecule has 0 saturated heterocycles. The van der Waals surface area contributed by atoms with Gasteiger partial charge in [-0.25, -0.2) is 0 Å². The van der Waals surface area contributed by atoms with Crippen molar-refractivity contribution >= 4 is 33.6 Å². The minimum absolute atomic E-state index is 0.162. The topological polar surface area (TPSA) is 46.9 Å². The molecule has 98 valence electrons. The van der Waals surface area contributed by atoms with Crippen molar-refractivity contribution in [3.8, 4) is 0 Å². The summed E-state index contributed by atoms with van der Waals surface area (Å²) in [6.07, 6.45) is 6.77. The van der Waals surface area contributed by atoms with E-state index in [4.69, 9.17) is 0 Å². The van der Waals surface area contributed by atoms with Crippen molar-refractivity contribution in [3.63, 3.8) is 0 Å². The highest BCUT2D eigenvalue weighted by Crippen LogP contribution is 2.19. The van der Waals surface area contributed by atoms with Gasteiger partial charge in [-0.2, -0.15) is 5.10 Å². The largest absolute Gasteiger partial charge is 0.323 e. The molecule has 5 heteroatoms. The normalized spacial score (nSPS) is 10.9. The molecule has 1 heterocycles. The van der Waals surface area contributed by atoms with E-state index in [1.807, 2.05) is 38.4 Å². The van der Waals surface area contributed by atoms with Crippen molar-refractivity contribution in [3.05, 3.63) is 52.3 Å². The maximum Gasteiger partial charge on any atom is 0.248 e. The van der Waals surface area contributed by atoms with Crippen LogP contribution >= 0.6 is 15.9 Å². The van der Waals surface area contributed by atoms with Crippen LogP contribution in [0.4, 0.5) is 5.69 Å². The lowest BCUT2D eigenvalue weighted by molar-refractivity contribution is -0.111. The Morgan fingerprint density at radius 3 is 2.89 bits per heavy atom. The molecule has 1 N–H and O–H groups in total. The Kier molecular flexibility index (Phi) is 4.16. The van der Waals surface area contributed by atoms with E-state index in [1.165, 1.54) is 6.08 Å². The minimum Gasteiger partial charge on any atom is -0.323 e. The van der Waals surface area contributed by atoms with Crippen molar-refractivity contribution in [2.45, 2.75) is 6.92 Å². The van der Waals surface area contributed by atoms with Crippen LogP contribution < -0.4 is 5.32 Å². The Balaban J connectivity index is 2.01. The van der Waals surface area contributed by atoms with E-state index in [2.05, 4.69) is 26.3 Å². The van der Waals surface area contributed by atoms with Crippen molar-refractivity contribution < 1.29 is 4.79 Å². The molecule has 0 aliphatic rings. The van der Waals surface area contributed by atoms with E-state index < -0.39 is 0 Å². The second kappa shape index (κ2) is 5.84. The zero-order valence-electron chi connectivity index (χ0n) is 10.7. The summed E-state index contributed by atoms with van der Waals surface area (Å²) in [4.78, 5) is 11.8. The number of halogens is 1. The fraction of sp³-hybridized carbons (Fsp3) is 0.143. The number of hydrogen-bond acceptors (Lipinski definition) is 2. The monoisotopic (exact) mass is 319 g/mol. The van der Waals surface area contributed by atoms with Gasteiger partial charge in [0, 0.05) is 35.0 Å². The number of aromatic nitrogens is 2. The first-order valence-electron chi connectivity index (χ1n) is 5.78. The number of carbonyl (C=O) groups excluding carboxylic acids is 1. The van der Waals surface area contributed by atoms with Gasteiger partial charge in [0.1, 0.15) is 0 Å². The van der Waals surface area contributed by atoms with Gasteiger partial charge >= 0.3 is 0 Å². The van der Waals surface area contributed by atoms with Crippen LogP contribution in [0.3, 0.4) is 0 Å². The second-order valence-corrected chi connectivity index (χ2v) is 5.09. The van der Waals surface area contributed by atoms with Crippen LogP contribution in [-0.4, -0.2) is 15.7 Å². The first kappa shape index (κ1) is 13.5. The molecule has 0 atom stereocenters. The fourth-order valence-corrected chi connectivity index (χ4v) is 1.85. The number of aryl methyl sites for hydroxylation is 2. The number of hydrogen-bond donors (Lipinski definition) is 1. The molecule has 0 aliphatic heterocycles. The third kappa shape index (κ3) is 3.79. The van der Waals surface area contributed by atoms with Gasteiger partial charge in [-0.3, -0.25) is 9.48 Å². The molecule has 19 heavy (non-hydrogen) atoms. The van der Waals surface area contributed by atoms with E-state index in [1.54, 1.807) is 17.0 Å². The molecule has 0 bridgehead atoms. The van der Waals surface area contributed by atoms with Crippen LogP contribution in [0, 0.1) is 6.92 Å². The Morgan fingerprint density at radius 2 is 2.26 bits per heavy atom. The Bertz CT molecular complexity index is 631. The summed E-state index contributed by atoms with van der Waals surface area (Å²) in [6, 6.07) is 5.68. The zero-order valence-corrected chi connectivity index (χ0v) is 12.3. The lowest BCUT2D eigenvalue weighted by Gasteiger charge is -2.04. The van der Waals surface area contributed by atoms with Gasteiger partial charge in [0.25, 0.3) is 0 Å². The number of amides is 1. The number of rotatable bonds is 3. The maximum atomic E-state index is 11.8. The molecule has 0 radical (unpaired) electrons. The first-order valence-corrected chi connectivity index (χ1v) is 6.58. The van der Waals surface area contributed by atoms with Crippen LogP contribution in [0.1, 0.15) is 11.1 Å². The highest BCUT2D eigenvalue weighted by atomic mass is 79.9. The van der Waals surface area contributed by atoms with Gasteiger partial charge in [-0.05, 0) is 36.8 Å². The third-order valence-corrected chi connectivity index (χ3v) is 3.47. The van der Waals surface area contributed by atoms with Gasteiger partial charge in [0.05, 0.1) is 6.20 Å². The molecule has 0 spiro atoms. The average Bonchev–Trinajstić information content (AvgIpc) is 2.77. The van der Waals surface area contributed by atoms with Gasteiger partial charge in [-0.1, -0.05) is 15.9 Å². The molecule has 1 amide bonds. The lowest BCUT2D eigenvalue weighted by atomic mass is 10.2. The lowest BCUT2D eigenvalue weighted by Crippen LogP contribution is -2.07. The molecular formula is C14H14BrN3O. The molecule has 2 aromatic rings. The third-order valence-electron chi connectivity index (χ3n) is 2.58. The molecule has 4 nitrogen and oxygen atoms in total. The SMILES string of the molecule is Cc1cc(NC(=O)/C=C\c2cnn(C)c2)ccc1Br. The summed E-state index contributed by atoms with van der Waals surface area (Å²) in [5, 5.41) is 6.84. The Hall–Kier alpha value is -1.88. The summed E-state index contributed by atoms with van der Waals surface area (Å²) >= 11 is 3.42. The van der Waals surface area contributed by atoms with Crippen molar-refractivity contribution in [1.82, 2.24) is 9.78 Å². The van der Waals surface area contributed by atoms with Crippen molar-refractivity contribution in [1.29, 1.82) is 0 Å². The van der Waals surface area contributed by atoms with Crippen LogP contribution in [-0.2, 0) is 11.8 Å². The highest BCUT2D eigenvalue weighted by Gasteiger charge is 2.00. The number of benzene rings is 1. The number of nitrogens with one attached hydrogen (secondary N) is 1. The highest BCUT2D eigenvalue weighted by molar-refractivity contribution is 9.10. The summed E-state index contributed by atoms with van der Waals surface area (Å²) < 4.78 is 2.71. The maximum absolute atomic E-state index is 11.8. The average molecular weight is 320 g/mol. The molecule has 0 unspecified atom stereocenters. The minimum atomic E-state index is -0.162. The van der Waals surface area contributed by atoms with Gasteiger partial charge < -0.3 is 5.32 Å². The quantitative estimate of drug-likeness (QED) is 0.883. The van der Waals surface area contributed by atoms with Gasteiger partial charge in [0.2, 0.25) is 5.91 Å². The standard InChI is InChI=1S/C14H14BrN3O/c1-10-7-12(4-5-13(10)15)17-14(19)6-3-11-8-16-18(2)9-11/h3-9H,1-2H3,(H,17,19)/b6-3-. The molecule has 0 aliphatic carbocycles. The molecule has 0 saturated carbocycles. The number of anilines is 1. The van der Waals surface area contributed by atoms with E-state index in [9.17, 15) is 4.79 Å². The van der Waals surface area contributed by atoms with E-state index >= 15 is 0 Å². The van der Waals surface area contributed by atoms with Crippen LogP contribution in [0.25, 0.3) is 6.08 Å². The first-order chi connectivity index (χ1) is 9.04. The molecule has 1 aromatic carbocycles. The second-order valence-electron chi connectivity index (χ2n) is 4.23. The predicted octanol–water partition coefficient (Wildman–Crippen LogP) is 3.14. The number of nitrogens with zero attached hydrogens (tertiary/aromatic N) is 2. The Morgan fingerprint density at radius 1 is 1.47 bits per heavy atom. The number of carbonyl (C=O) groups is 1. The zero-order chi connectivity index (χ0) is 13.8. The summed E-state index contributed by atoms with van der Waals surface area (Å²) in [7, 11) is 1.84. The van der Waals surface area contributed by atoms with Crippen LogP contribution in [0.15, 0.2) is 41.1 Å². The van der Waals surface area contributed by atoms with E-state index in [0.29, 0.717) is 0 Å². The van der Waals surface area contributed by atoms with E-state index in [0.717, 1.165) is 21.3 Å². The Labute approximate surface area is 120 Å². The summed E-state index contributed by atoms with van der Waals surface area (Å²) in [5.74, 6) is -0.162. The van der Waals surface area contributed by atoms with Gasteiger partial charge in [-0.15, -0.1) is 0 Å². The molecule has 2 rings (SSSR count). The van der Waals surface area contributed by atoms with Crippen LogP contribution in [0.5, 0.6) is 0 Å². The van der Waals surface area contributed by atoms with Gasteiger partial charge in [0.15, 0.2) is 0 Å². The van der Waals surface area contributed by atoms with Crippen molar-refractivity contribution in [2.75, 3.05) is 5.32 Å². The van der Waals surface area contributed by atoms with Crippen LogP contribution in [0.2, 0.25) is 0 Å². The summed E-state index contributed by atoms with van der Waals surface area (Å²) in [6.45, 7) is 1.98. The van der Waals surface area contributed by atoms with E-state index in [-0.39, 0.29) is 5.91 Å². The molecule has 1 aromatic heterocycles. The summed E-state index contributed by atoms with van der Waals surface area (Å²) in [5.41, 5.74) is 2.75. The molecular weight excluding hydrogens is 306 g/mol.